The van der Waals surface area contributed by atoms with E-state index in [0.717, 1.165) is 16.7 Å². The number of carbonyl (C=O) groups is 1. The summed E-state index contributed by atoms with van der Waals surface area (Å²) in [6.07, 6.45) is -0.912. The largest absolute Gasteiger partial charge is 1.00 e. The molecule has 3 rings (SSSR count). The maximum absolute atomic E-state index is 15.0. The molecule has 254 valence electrons. The van der Waals surface area contributed by atoms with E-state index in [2.05, 4.69) is 23.9 Å². The van der Waals surface area contributed by atoms with Crippen LogP contribution in [0.3, 0.4) is 0 Å². The fraction of sp³-hybridized carbons (Fsp3) is 0.543. The normalized spacial score (nSPS) is 17.8. The summed E-state index contributed by atoms with van der Waals surface area (Å²) in [7, 11) is 0. The molecule has 2 atom stereocenters. The number of benzene rings is 2. The number of alkyl halides is 3. The van der Waals surface area contributed by atoms with Gasteiger partial charge in [-0.05, 0) is 99.8 Å². The minimum Gasteiger partial charge on any atom is -0.465 e. The quantitative estimate of drug-likeness (QED) is 0.112. The summed E-state index contributed by atoms with van der Waals surface area (Å²) < 4.78 is 63.0. The average Bonchev–Trinajstić information content (AvgIpc) is 2.98. The molecule has 1 saturated carbocycles. The molecule has 0 saturated heterocycles. The van der Waals surface area contributed by atoms with Gasteiger partial charge in [-0.15, -0.1) is 19.7 Å². The Bertz CT molecular complexity index is 1180. The van der Waals surface area contributed by atoms with E-state index in [1.165, 1.54) is 12.1 Å². The van der Waals surface area contributed by atoms with Gasteiger partial charge in [0.2, 0.25) is 0 Å². The SMILES string of the molecule is C[CH-]C.[CH2-]CCN(C[CH2-])[C@@H](CCNC(C(=O)OCC)c1cccc(C)c1C1CCC(OC(F)(F)F)CC1)c1cc(Cl)ccc1F.[Li+]. The Kier molecular flexibility index (Phi) is 19.7. The first-order chi connectivity index (χ1) is 21.4. The fourth-order valence-electron chi connectivity index (χ4n) is 6.01. The molecule has 2 aromatic carbocycles. The standard InChI is InChI=1S/C32H41ClF4N2O3.C3H7.Li/c1-5-19-39(6-2)28(26-20-23(33)13-16-27(26)34)17-18-38-30(31(40)41-7-3)25-10-8-9-21(4)29(25)22-11-14-24(15-12-22)42-32(35,36)37;1-3-2;/h8-10,13,16,20,22,24,28,30,38H,1-2,5-7,11-12,14-15,17-19H2,3-4H3;3H,1-2H3;/q-2;-1;+1/t22?,24?,28-,30?;;/m0../s1. The Balaban J connectivity index is 0.00000254. The molecule has 1 unspecified atom stereocenters. The van der Waals surface area contributed by atoms with Crippen molar-refractivity contribution in [3.05, 3.63) is 89.8 Å². The molecule has 0 heterocycles. The molecule has 46 heavy (non-hydrogen) atoms. The molecule has 0 radical (unpaired) electrons. The molecule has 0 bridgehead atoms. The first kappa shape index (κ1) is 42.4. The molecule has 1 aliphatic rings. The van der Waals surface area contributed by atoms with Gasteiger partial charge in [0.15, 0.2) is 0 Å². The summed E-state index contributed by atoms with van der Waals surface area (Å²) in [5, 5.41) is 3.78. The Hall–Kier alpha value is -1.60. The Labute approximate surface area is 290 Å². The maximum Gasteiger partial charge on any atom is 1.00 e. The first-order valence-corrected chi connectivity index (χ1v) is 16.0. The number of halogens is 5. The molecule has 0 spiro atoms. The van der Waals surface area contributed by atoms with Crippen LogP contribution >= 0.6 is 11.6 Å². The predicted octanol–water partition coefficient (Wildman–Crippen LogP) is 6.27. The van der Waals surface area contributed by atoms with Crippen LogP contribution in [-0.2, 0) is 14.3 Å². The van der Waals surface area contributed by atoms with Crippen LogP contribution in [0.2, 0.25) is 5.02 Å². The molecule has 1 aliphatic carbocycles. The van der Waals surface area contributed by atoms with Crippen molar-refractivity contribution in [3.63, 3.8) is 0 Å². The molecular weight excluding hydrogens is 615 g/mol. The zero-order valence-corrected chi connectivity index (χ0v) is 28.7. The van der Waals surface area contributed by atoms with Crippen LogP contribution in [0.15, 0.2) is 36.4 Å². The molecule has 0 amide bonds. The molecule has 1 fully saturated rings. The van der Waals surface area contributed by atoms with E-state index in [1.807, 2.05) is 50.3 Å². The van der Waals surface area contributed by atoms with E-state index in [9.17, 15) is 22.4 Å². The third kappa shape index (κ3) is 13.1. The zero-order valence-electron chi connectivity index (χ0n) is 27.9. The van der Waals surface area contributed by atoms with Crippen molar-refractivity contribution < 1.29 is 50.7 Å². The van der Waals surface area contributed by atoms with Gasteiger partial charge in [0.05, 0.1) is 12.7 Å². The summed E-state index contributed by atoms with van der Waals surface area (Å²) in [6.45, 7) is 17.2. The number of carbonyl (C=O) groups excluding carboxylic acids is 1. The van der Waals surface area contributed by atoms with Gasteiger partial charge in [0.25, 0.3) is 0 Å². The summed E-state index contributed by atoms with van der Waals surface area (Å²) >= 11 is 6.22. The first-order valence-electron chi connectivity index (χ1n) is 15.7. The van der Waals surface area contributed by atoms with Gasteiger partial charge in [0.1, 0.15) is 11.9 Å². The topological polar surface area (TPSA) is 50.8 Å². The van der Waals surface area contributed by atoms with E-state index in [4.69, 9.17) is 16.3 Å². The zero-order chi connectivity index (χ0) is 33.6. The number of ether oxygens (including phenoxy) is 2. The summed E-state index contributed by atoms with van der Waals surface area (Å²) in [4.78, 5) is 15.3. The molecule has 11 heteroatoms. The average molecular weight is 663 g/mol. The van der Waals surface area contributed by atoms with Gasteiger partial charge < -0.3 is 35.2 Å². The third-order valence-electron chi connectivity index (χ3n) is 7.83. The molecule has 5 nitrogen and oxygen atoms in total. The van der Waals surface area contributed by atoms with Gasteiger partial charge in [0, 0.05) is 16.6 Å². The van der Waals surface area contributed by atoms with Gasteiger partial charge in [-0.25, -0.2) is 9.18 Å². The van der Waals surface area contributed by atoms with E-state index in [1.54, 1.807) is 13.0 Å². The number of esters is 1. The summed E-state index contributed by atoms with van der Waals surface area (Å²) in [5.41, 5.74) is 3.10. The van der Waals surface area contributed by atoms with Gasteiger partial charge in [-0.1, -0.05) is 29.8 Å². The van der Waals surface area contributed by atoms with Crippen molar-refractivity contribution in [2.45, 2.75) is 96.7 Å². The minimum atomic E-state index is -4.66. The molecule has 0 aromatic heterocycles. The molecule has 1 N–H and O–H groups in total. The predicted molar refractivity (Wildman–Crippen MR) is 172 cm³/mol. The molecule has 2 aromatic rings. The van der Waals surface area contributed by atoms with Gasteiger partial charge in [-0.3, -0.25) is 4.74 Å². The van der Waals surface area contributed by atoms with Crippen molar-refractivity contribution in [1.29, 1.82) is 0 Å². The second-order valence-corrected chi connectivity index (χ2v) is 11.6. The Morgan fingerprint density at radius 1 is 1.13 bits per heavy atom. The maximum atomic E-state index is 15.0. The molecule has 0 aliphatic heterocycles. The van der Waals surface area contributed by atoms with Crippen LogP contribution in [0.4, 0.5) is 17.6 Å². The number of rotatable bonds is 14. The van der Waals surface area contributed by atoms with Gasteiger partial charge in [-0.2, -0.15) is 20.3 Å². The number of nitrogens with zero attached hydrogens (tertiary/aromatic N) is 1. The van der Waals surface area contributed by atoms with Gasteiger partial charge >= 0.3 is 31.2 Å². The third-order valence-corrected chi connectivity index (χ3v) is 8.07. The number of nitrogens with one attached hydrogen (secondary N) is 1. The van der Waals surface area contributed by atoms with Crippen LogP contribution in [-0.4, -0.2) is 49.6 Å². The number of hydrogen-bond acceptors (Lipinski definition) is 5. The number of aryl methyl sites for hydroxylation is 1. The summed E-state index contributed by atoms with van der Waals surface area (Å²) in [6, 6.07) is 8.98. The van der Waals surface area contributed by atoms with Crippen LogP contribution in [0.1, 0.15) is 99.6 Å². The Morgan fingerprint density at radius 3 is 2.35 bits per heavy atom. The van der Waals surface area contributed by atoms with E-state index < -0.39 is 24.5 Å². The van der Waals surface area contributed by atoms with Crippen molar-refractivity contribution in [2.24, 2.45) is 0 Å². The van der Waals surface area contributed by atoms with E-state index >= 15 is 0 Å². The van der Waals surface area contributed by atoms with Crippen molar-refractivity contribution in [1.82, 2.24) is 10.2 Å². The van der Waals surface area contributed by atoms with Crippen LogP contribution in [0.5, 0.6) is 0 Å². The monoisotopic (exact) mass is 662 g/mol. The van der Waals surface area contributed by atoms with Crippen LogP contribution in [0.25, 0.3) is 0 Å². The number of hydrogen-bond donors (Lipinski definition) is 1. The van der Waals surface area contributed by atoms with E-state index in [0.29, 0.717) is 55.9 Å². The Morgan fingerprint density at radius 2 is 1.78 bits per heavy atom. The van der Waals surface area contributed by atoms with Crippen molar-refractivity contribution in [3.8, 4) is 0 Å². The summed E-state index contributed by atoms with van der Waals surface area (Å²) in [5.74, 6) is -0.851. The van der Waals surface area contributed by atoms with Crippen LogP contribution < -0.4 is 24.2 Å². The fourth-order valence-corrected chi connectivity index (χ4v) is 6.19. The van der Waals surface area contributed by atoms with Crippen molar-refractivity contribution in [2.75, 3.05) is 26.2 Å². The minimum absolute atomic E-state index is 0. The second kappa shape index (κ2) is 21.4. The van der Waals surface area contributed by atoms with E-state index in [-0.39, 0.29) is 56.1 Å². The second-order valence-electron chi connectivity index (χ2n) is 11.2. The van der Waals surface area contributed by atoms with Crippen molar-refractivity contribution >= 4 is 17.6 Å². The molecular formula is C35H48ClF4LiN2O3-2. The smallest absolute Gasteiger partial charge is 0.465 e. The van der Waals surface area contributed by atoms with Crippen LogP contribution in [0, 0.1) is 33.0 Å².